The molecule has 128 valence electrons. The van der Waals surface area contributed by atoms with Crippen molar-refractivity contribution in [1.82, 2.24) is 30.0 Å². The Morgan fingerprint density at radius 3 is 2.60 bits per heavy atom. The molecule has 1 aliphatic rings. The number of nitrogens with one attached hydrogen (secondary N) is 3. The van der Waals surface area contributed by atoms with E-state index in [4.69, 9.17) is 0 Å². The van der Waals surface area contributed by atoms with Crippen LogP contribution in [0.15, 0.2) is 34.1 Å². The van der Waals surface area contributed by atoms with Crippen molar-refractivity contribution >= 4 is 16.9 Å². The highest BCUT2D eigenvalue weighted by Gasteiger charge is 2.36. The lowest BCUT2D eigenvalue weighted by atomic mass is 10.1. The number of aryl methyl sites for hydroxylation is 1. The van der Waals surface area contributed by atoms with E-state index in [9.17, 15) is 14.4 Å². The molecule has 2 aromatic heterocycles. The van der Waals surface area contributed by atoms with Crippen molar-refractivity contribution in [3.8, 4) is 0 Å². The van der Waals surface area contributed by atoms with Crippen LogP contribution in [0.5, 0.6) is 0 Å². The normalized spacial score (nSPS) is 15.2. The highest BCUT2D eigenvalue weighted by molar-refractivity contribution is 5.97. The second kappa shape index (κ2) is 5.69. The van der Waals surface area contributed by atoms with E-state index >= 15 is 0 Å². The van der Waals surface area contributed by atoms with Gasteiger partial charge in [-0.1, -0.05) is 0 Å². The van der Waals surface area contributed by atoms with Crippen molar-refractivity contribution in [2.75, 3.05) is 0 Å². The molecular formula is C16H16N6O3. The van der Waals surface area contributed by atoms with Crippen LogP contribution in [-0.2, 0) is 7.05 Å². The number of nitrogens with zero attached hydrogens (tertiary/aromatic N) is 3. The summed E-state index contributed by atoms with van der Waals surface area (Å²) in [5.41, 5.74) is -0.212. The summed E-state index contributed by atoms with van der Waals surface area (Å²) in [6.45, 7) is 0. The number of amides is 1. The first-order valence-electron chi connectivity index (χ1n) is 7.94. The van der Waals surface area contributed by atoms with Crippen LogP contribution in [0.3, 0.4) is 0 Å². The highest BCUT2D eigenvalue weighted by atomic mass is 16.2. The standard InChI is InChI=1S/C16H16N6O3/c1-22-13(17-7-18-22)12(8-2-3-8)21-14(23)9-4-5-10-11(6-9)20-16(25)15(24)19-10/h4-8,12H,2-3H2,1H3,(H,19,24)(H,20,25)(H,21,23)/t12-/m0/s1. The van der Waals surface area contributed by atoms with Gasteiger partial charge in [0, 0.05) is 12.6 Å². The second-order valence-corrected chi connectivity index (χ2v) is 6.20. The van der Waals surface area contributed by atoms with Gasteiger partial charge in [-0.25, -0.2) is 4.98 Å². The van der Waals surface area contributed by atoms with Crippen LogP contribution in [0, 0.1) is 5.92 Å². The quantitative estimate of drug-likeness (QED) is 0.586. The van der Waals surface area contributed by atoms with Crippen molar-refractivity contribution in [2.45, 2.75) is 18.9 Å². The molecule has 1 aromatic carbocycles. The maximum absolute atomic E-state index is 12.7. The van der Waals surface area contributed by atoms with Gasteiger partial charge in [0.25, 0.3) is 5.91 Å². The molecule has 0 aliphatic heterocycles. The molecule has 2 heterocycles. The number of aromatic nitrogens is 5. The zero-order chi connectivity index (χ0) is 17.6. The fraction of sp³-hybridized carbons (Fsp3) is 0.312. The summed E-state index contributed by atoms with van der Waals surface area (Å²) in [5.74, 6) is 0.798. The van der Waals surface area contributed by atoms with Gasteiger partial charge in [-0.2, -0.15) is 5.10 Å². The van der Waals surface area contributed by atoms with E-state index in [0.717, 1.165) is 18.7 Å². The summed E-state index contributed by atoms with van der Waals surface area (Å²) in [4.78, 5) is 44.7. The number of benzene rings is 1. The summed E-state index contributed by atoms with van der Waals surface area (Å²) in [5, 5.41) is 7.07. The topological polar surface area (TPSA) is 126 Å². The molecule has 0 saturated heterocycles. The Kier molecular flexibility index (Phi) is 3.48. The van der Waals surface area contributed by atoms with Gasteiger partial charge in [-0.15, -0.1) is 0 Å². The number of H-pyrrole nitrogens is 2. The third-order valence-corrected chi connectivity index (χ3v) is 4.39. The van der Waals surface area contributed by atoms with Crippen molar-refractivity contribution in [2.24, 2.45) is 13.0 Å². The first-order chi connectivity index (χ1) is 12.0. The third-order valence-electron chi connectivity index (χ3n) is 4.39. The van der Waals surface area contributed by atoms with Crippen LogP contribution in [0.25, 0.3) is 11.0 Å². The Bertz CT molecular complexity index is 1080. The highest BCUT2D eigenvalue weighted by Crippen LogP contribution is 2.40. The number of carbonyl (C=O) groups excluding carboxylic acids is 1. The molecule has 1 fully saturated rings. The Hall–Kier alpha value is -3.23. The van der Waals surface area contributed by atoms with E-state index in [1.165, 1.54) is 6.33 Å². The molecule has 1 aliphatic carbocycles. The fourth-order valence-corrected chi connectivity index (χ4v) is 2.89. The molecule has 25 heavy (non-hydrogen) atoms. The second-order valence-electron chi connectivity index (χ2n) is 6.20. The van der Waals surface area contributed by atoms with E-state index < -0.39 is 11.1 Å². The summed E-state index contributed by atoms with van der Waals surface area (Å²) in [6.07, 6.45) is 3.53. The lowest BCUT2D eigenvalue weighted by Gasteiger charge is -2.17. The Labute approximate surface area is 141 Å². The van der Waals surface area contributed by atoms with Gasteiger partial charge in [0.1, 0.15) is 12.2 Å². The lowest BCUT2D eigenvalue weighted by molar-refractivity contribution is 0.0929. The molecule has 1 atom stereocenters. The summed E-state index contributed by atoms with van der Waals surface area (Å²) < 4.78 is 1.66. The van der Waals surface area contributed by atoms with Crippen LogP contribution < -0.4 is 16.4 Å². The van der Waals surface area contributed by atoms with Crippen LogP contribution >= 0.6 is 0 Å². The van der Waals surface area contributed by atoms with E-state index in [1.807, 2.05) is 0 Å². The largest absolute Gasteiger partial charge is 0.342 e. The minimum absolute atomic E-state index is 0.203. The van der Waals surface area contributed by atoms with Gasteiger partial charge in [0.15, 0.2) is 0 Å². The SMILES string of the molecule is Cn1ncnc1[C@@H](NC(=O)c1ccc2[nH]c(=O)c(=O)[nH]c2c1)C1CC1. The zero-order valence-electron chi connectivity index (χ0n) is 13.4. The molecule has 0 unspecified atom stereocenters. The van der Waals surface area contributed by atoms with Crippen molar-refractivity contribution in [3.63, 3.8) is 0 Å². The fourth-order valence-electron chi connectivity index (χ4n) is 2.89. The van der Waals surface area contributed by atoms with Gasteiger partial charge >= 0.3 is 11.1 Å². The van der Waals surface area contributed by atoms with Gasteiger partial charge in [0.2, 0.25) is 0 Å². The molecule has 3 aromatic rings. The average Bonchev–Trinajstić information content (AvgIpc) is 3.34. The molecule has 0 radical (unpaired) electrons. The predicted octanol–water partition coefficient (Wildman–Crippen LogP) is 0.226. The molecular weight excluding hydrogens is 324 g/mol. The average molecular weight is 340 g/mol. The van der Waals surface area contributed by atoms with E-state index in [1.54, 1.807) is 29.9 Å². The summed E-state index contributed by atoms with van der Waals surface area (Å²) in [7, 11) is 1.79. The van der Waals surface area contributed by atoms with Gasteiger partial charge in [0.05, 0.1) is 17.1 Å². The van der Waals surface area contributed by atoms with Crippen LogP contribution in [0.2, 0.25) is 0 Å². The first kappa shape index (κ1) is 15.3. The van der Waals surface area contributed by atoms with Gasteiger partial charge in [-0.3, -0.25) is 19.1 Å². The molecule has 9 nitrogen and oxygen atoms in total. The summed E-state index contributed by atoms with van der Waals surface area (Å²) in [6, 6.07) is 4.54. The maximum Gasteiger partial charge on any atom is 0.314 e. The van der Waals surface area contributed by atoms with E-state index in [2.05, 4.69) is 25.4 Å². The predicted molar refractivity (Wildman–Crippen MR) is 89.1 cm³/mol. The van der Waals surface area contributed by atoms with Crippen molar-refractivity contribution < 1.29 is 4.79 Å². The molecule has 0 bridgehead atoms. The van der Waals surface area contributed by atoms with Crippen molar-refractivity contribution in [1.29, 1.82) is 0 Å². The third kappa shape index (κ3) is 2.84. The van der Waals surface area contributed by atoms with Crippen LogP contribution in [0.1, 0.15) is 35.1 Å². The molecule has 1 saturated carbocycles. The molecule has 1 amide bonds. The van der Waals surface area contributed by atoms with Crippen LogP contribution in [0.4, 0.5) is 0 Å². The number of rotatable bonds is 4. The smallest absolute Gasteiger partial charge is 0.314 e. The number of aromatic amines is 2. The van der Waals surface area contributed by atoms with E-state index in [-0.39, 0.29) is 11.9 Å². The van der Waals surface area contributed by atoms with Gasteiger partial charge in [-0.05, 0) is 37.0 Å². The molecule has 0 spiro atoms. The minimum atomic E-state index is -0.750. The molecule has 3 N–H and O–H groups in total. The lowest BCUT2D eigenvalue weighted by Crippen LogP contribution is -2.32. The molecule has 9 heteroatoms. The number of fused-ring (bicyclic) bond motifs is 1. The minimum Gasteiger partial charge on any atom is -0.342 e. The number of hydrogen-bond acceptors (Lipinski definition) is 5. The Morgan fingerprint density at radius 2 is 1.96 bits per heavy atom. The first-order valence-corrected chi connectivity index (χ1v) is 7.94. The van der Waals surface area contributed by atoms with E-state index in [0.29, 0.717) is 22.5 Å². The Balaban J connectivity index is 1.65. The number of carbonyl (C=O) groups is 1. The zero-order valence-corrected chi connectivity index (χ0v) is 13.4. The molecule has 4 rings (SSSR count). The summed E-state index contributed by atoms with van der Waals surface area (Å²) >= 11 is 0. The van der Waals surface area contributed by atoms with Gasteiger partial charge < -0.3 is 15.3 Å². The number of hydrogen-bond donors (Lipinski definition) is 3. The Morgan fingerprint density at radius 1 is 1.24 bits per heavy atom. The monoisotopic (exact) mass is 340 g/mol. The van der Waals surface area contributed by atoms with Crippen molar-refractivity contribution in [3.05, 3.63) is 56.6 Å². The van der Waals surface area contributed by atoms with Crippen LogP contribution in [-0.4, -0.2) is 30.6 Å². The maximum atomic E-state index is 12.7.